The molecule has 0 spiro atoms. The maximum absolute atomic E-state index is 12.9. The van der Waals surface area contributed by atoms with Gasteiger partial charge in [0.1, 0.15) is 6.54 Å². The first-order chi connectivity index (χ1) is 7.95. The first kappa shape index (κ1) is 12.2. The van der Waals surface area contributed by atoms with Crippen molar-refractivity contribution in [3.8, 4) is 0 Å². The van der Waals surface area contributed by atoms with E-state index in [9.17, 15) is 13.2 Å². The van der Waals surface area contributed by atoms with Gasteiger partial charge >= 0.3 is 6.18 Å². The zero-order valence-corrected chi connectivity index (χ0v) is 9.81. The Morgan fingerprint density at radius 3 is 2.53 bits per heavy atom. The highest BCUT2D eigenvalue weighted by Gasteiger charge is 2.36. The fraction of sp³-hybridized carbons (Fsp3) is 0.250. The molecule has 0 N–H and O–H groups in total. The Hall–Kier alpha value is -1.29. The third-order valence-corrected chi connectivity index (χ3v) is 2.95. The number of alkyl halides is 3. The lowest BCUT2D eigenvalue weighted by molar-refractivity contribution is -0.667. The molecule has 0 saturated heterocycles. The third-order valence-electron chi connectivity index (χ3n) is 2.63. The summed E-state index contributed by atoms with van der Waals surface area (Å²) >= 11 is 5.65. The monoisotopic (exact) mass is 260 g/mol. The van der Waals surface area contributed by atoms with Gasteiger partial charge in [0.2, 0.25) is 5.52 Å². The van der Waals surface area contributed by atoms with Crippen LogP contribution >= 0.6 is 11.6 Å². The van der Waals surface area contributed by atoms with Crippen LogP contribution in [0.2, 0.25) is 5.02 Å². The number of nitrogens with zero attached hydrogens (tertiary/aromatic N) is 1. The molecular formula is C12H10ClF3N+. The Kier molecular flexibility index (Phi) is 3.00. The van der Waals surface area contributed by atoms with Gasteiger partial charge in [-0.3, -0.25) is 0 Å². The summed E-state index contributed by atoms with van der Waals surface area (Å²) in [5.41, 5.74) is -0.230. The summed E-state index contributed by atoms with van der Waals surface area (Å²) in [6.07, 6.45) is -2.69. The zero-order valence-electron chi connectivity index (χ0n) is 9.05. The number of aromatic nitrogens is 1. The van der Waals surface area contributed by atoms with Crippen molar-refractivity contribution >= 4 is 22.5 Å². The molecule has 0 aliphatic rings. The lowest BCUT2D eigenvalue weighted by Crippen LogP contribution is -2.32. The number of rotatable bonds is 1. The van der Waals surface area contributed by atoms with Crippen LogP contribution in [0.3, 0.4) is 0 Å². The first-order valence-corrected chi connectivity index (χ1v) is 5.51. The van der Waals surface area contributed by atoms with Crippen molar-refractivity contribution in [2.45, 2.75) is 19.6 Å². The summed E-state index contributed by atoms with van der Waals surface area (Å²) in [5.74, 6) is 0. The molecule has 0 aliphatic heterocycles. The lowest BCUT2D eigenvalue weighted by atomic mass is 10.1. The molecule has 0 amide bonds. The molecule has 90 valence electrons. The number of hydrogen-bond donors (Lipinski definition) is 0. The van der Waals surface area contributed by atoms with E-state index in [1.165, 1.54) is 12.1 Å². The minimum atomic E-state index is -4.44. The van der Waals surface area contributed by atoms with Crippen LogP contribution in [0.5, 0.6) is 0 Å². The van der Waals surface area contributed by atoms with Crippen molar-refractivity contribution in [3.05, 3.63) is 41.0 Å². The molecule has 0 aliphatic carbocycles. The molecule has 1 aromatic heterocycles. The average Bonchev–Trinajstić information content (AvgIpc) is 2.25. The molecule has 2 aromatic rings. The number of fused-ring (bicyclic) bond motifs is 1. The van der Waals surface area contributed by atoms with Gasteiger partial charge in [0, 0.05) is 12.1 Å². The van der Waals surface area contributed by atoms with E-state index in [0.717, 1.165) is 0 Å². The molecular weight excluding hydrogens is 251 g/mol. The zero-order chi connectivity index (χ0) is 12.6. The van der Waals surface area contributed by atoms with Crippen LogP contribution in [0, 0.1) is 0 Å². The lowest BCUT2D eigenvalue weighted by Gasteiger charge is -2.11. The molecule has 0 atom stereocenters. The molecule has 0 saturated carbocycles. The van der Waals surface area contributed by atoms with E-state index in [1.54, 1.807) is 22.9 Å². The smallest absolute Gasteiger partial charge is 0.199 e. The summed E-state index contributed by atoms with van der Waals surface area (Å²) in [4.78, 5) is 0. The summed E-state index contributed by atoms with van der Waals surface area (Å²) < 4.78 is 40.5. The van der Waals surface area contributed by atoms with Gasteiger partial charge in [-0.2, -0.15) is 17.7 Å². The Labute approximate surface area is 101 Å². The Morgan fingerprint density at radius 2 is 1.94 bits per heavy atom. The highest BCUT2D eigenvalue weighted by molar-refractivity contribution is 6.32. The molecule has 0 unspecified atom stereocenters. The average molecular weight is 261 g/mol. The second-order valence-corrected chi connectivity index (χ2v) is 4.05. The van der Waals surface area contributed by atoms with Crippen molar-refractivity contribution in [1.82, 2.24) is 0 Å². The maximum Gasteiger partial charge on any atom is 0.418 e. The second-order valence-electron chi connectivity index (χ2n) is 3.65. The molecule has 1 nitrogen and oxygen atoms in total. The van der Waals surface area contributed by atoms with E-state index in [0.29, 0.717) is 12.1 Å². The van der Waals surface area contributed by atoms with Gasteiger partial charge in [0.05, 0.1) is 16.0 Å². The summed E-state index contributed by atoms with van der Waals surface area (Å²) in [5, 5.41) is -0.131. The van der Waals surface area contributed by atoms with E-state index in [-0.39, 0.29) is 10.4 Å². The van der Waals surface area contributed by atoms with Gasteiger partial charge in [0.15, 0.2) is 6.20 Å². The van der Waals surface area contributed by atoms with E-state index in [1.807, 2.05) is 6.92 Å². The van der Waals surface area contributed by atoms with Crippen LogP contribution in [0.25, 0.3) is 10.9 Å². The van der Waals surface area contributed by atoms with E-state index in [4.69, 9.17) is 11.6 Å². The fourth-order valence-corrected chi connectivity index (χ4v) is 2.16. The van der Waals surface area contributed by atoms with Gasteiger partial charge in [-0.05, 0) is 19.1 Å². The summed E-state index contributed by atoms with van der Waals surface area (Å²) in [7, 11) is 0. The highest BCUT2D eigenvalue weighted by Crippen LogP contribution is 2.38. The number of halogens is 4. The Morgan fingerprint density at radius 1 is 1.24 bits per heavy atom. The molecule has 0 fully saturated rings. The van der Waals surface area contributed by atoms with Gasteiger partial charge < -0.3 is 0 Å². The van der Waals surface area contributed by atoms with Crippen LogP contribution in [-0.2, 0) is 12.7 Å². The number of benzene rings is 1. The predicted molar refractivity (Wildman–Crippen MR) is 59.8 cm³/mol. The molecule has 1 heterocycles. The molecule has 2 rings (SSSR count). The third kappa shape index (κ3) is 2.09. The van der Waals surface area contributed by atoms with E-state index >= 15 is 0 Å². The largest absolute Gasteiger partial charge is 0.418 e. The normalized spacial score (nSPS) is 12.1. The minimum Gasteiger partial charge on any atom is -0.199 e. The van der Waals surface area contributed by atoms with Crippen LogP contribution in [0.4, 0.5) is 13.2 Å². The van der Waals surface area contributed by atoms with Crippen molar-refractivity contribution in [2.24, 2.45) is 0 Å². The van der Waals surface area contributed by atoms with Crippen LogP contribution < -0.4 is 4.57 Å². The second kappa shape index (κ2) is 4.18. The summed E-state index contributed by atoms with van der Waals surface area (Å²) in [6.45, 7) is 2.48. The molecule has 1 aromatic carbocycles. The maximum atomic E-state index is 12.9. The SMILES string of the molecule is CC[n+]1cccc2c(C(F)(F)F)c(Cl)ccc21. The topological polar surface area (TPSA) is 3.88 Å². The van der Waals surface area contributed by atoms with Gasteiger partial charge in [0.25, 0.3) is 0 Å². The number of hydrogen-bond acceptors (Lipinski definition) is 0. The number of aryl methyl sites for hydroxylation is 1. The Bertz CT molecular complexity index is 563. The van der Waals surface area contributed by atoms with Gasteiger partial charge in [-0.1, -0.05) is 11.6 Å². The van der Waals surface area contributed by atoms with Crippen molar-refractivity contribution in [3.63, 3.8) is 0 Å². The van der Waals surface area contributed by atoms with Gasteiger partial charge in [-0.25, -0.2) is 0 Å². The molecule has 0 bridgehead atoms. The van der Waals surface area contributed by atoms with E-state index in [2.05, 4.69) is 0 Å². The summed E-state index contributed by atoms with van der Waals surface area (Å²) in [6, 6.07) is 5.93. The standard InChI is InChI=1S/C12H10ClF3N/c1-2-17-7-3-4-8-10(17)6-5-9(13)11(8)12(14,15)16/h3-7H,2H2,1H3/q+1. The van der Waals surface area contributed by atoms with Crippen LogP contribution in [0.1, 0.15) is 12.5 Å². The Balaban J connectivity index is 2.87. The predicted octanol–water partition coefficient (Wildman–Crippen LogP) is 3.82. The van der Waals surface area contributed by atoms with Crippen molar-refractivity contribution < 1.29 is 17.7 Å². The number of pyridine rings is 1. The molecule has 17 heavy (non-hydrogen) atoms. The van der Waals surface area contributed by atoms with E-state index < -0.39 is 11.7 Å². The molecule has 0 radical (unpaired) electrons. The molecule has 5 heteroatoms. The van der Waals surface area contributed by atoms with Crippen molar-refractivity contribution in [2.75, 3.05) is 0 Å². The highest BCUT2D eigenvalue weighted by atomic mass is 35.5. The first-order valence-electron chi connectivity index (χ1n) is 5.13. The van der Waals surface area contributed by atoms with Crippen LogP contribution in [0.15, 0.2) is 30.5 Å². The fourth-order valence-electron chi connectivity index (χ4n) is 1.89. The minimum absolute atomic E-state index is 0.134. The van der Waals surface area contributed by atoms with Gasteiger partial charge in [-0.15, -0.1) is 0 Å². The quantitative estimate of drug-likeness (QED) is 0.687. The van der Waals surface area contributed by atoms with Crippen molar-refractivity contribution in [1.29, 1.82) is 0 Å². The van der Waals surface area contributed by atoms with Crippen LogP contribution in [-0.4, -0.2) is 0 Å².